The van der Waals surface area contributed by atoms with Crippen LogP contribution in [0.5, 0.6) is 17.2 Å². The summed E-state index contributed by atoms with van der Waals surface area (Å²) in [4.78, 5) is 27.9. The summed E-state index contributed by atoms with van der Waals surface area (Å²) in [6.07, 6.45) is 0.526. The van der Waals surface area contributed by atoms with E-state index < -0.39 is 0 Å². The number of nitrogens with one attached hydrogen (secondary N) is 1. The lowest BCUT2D eigenvalue weighted by atomic mass is 9.99. The van der Waals surface area contributed by atoms with E-state index in [4.69, 9.17) is 19.3 Å². The van der Waals surface area contributed by atoms with Crippen LogP contribution in [0.1, 0.15) is 39.1 Å². The van der Waals surface area contributed by atoms with Crippen LogP contribution in [0.3, 0.4) is 0 Å². The Kier molecular flexibility index (Phi) is 9.83. The molecule has 240 valence electrons. The molecule has 1 aliphatic rings. The van der Waals surface area contributed by atoms with Gasteiger partial charge in [0, 0.05) is 23.2 Å². The molecule has 0 saturated carbocycles. The molecule has 5 aromatic rings. The summed E-state index contributed by atoms with van der Waals surface area (Å²) in [5.74, 6) is 1.82. The highest BCUT2D eigenvalue weighted by Gasteiger charge is 2.36. The maximum Gasteiger partial charge on any atom is 0.253 e. The number of carbonyl (C=O) groups is 2. The average Bonchev–Trinajstić information content (AvgIpc) is 3.90. The molecule has 3 heterocycles. The van der Waals surface area contributed by atoms with Crippen molar-refractivity contribution in [1.82, 2.24) is 25.1 Å². The Morgan fingerprint density at radius 1 is 0.936 bits per heavy atom. The SMILES string of the molecule is COc1cccc(C(=O)NCc2nnc(SCC(=O)N3N=C(c4cccs4)C[C@H]3c3cccc(OC)c3OC)n2-c2ccccc2)c1. The zero-order chi connectivity index (χ0) is 32.8. The molecule has 6 rings (SSSR count). The fourth-order valence-corrected chi connectivity index (χ4v) is 6.86. The number of hydrogen-bond acceptors (Lipinski definition) is 10. The van der Waals surface area contributed by atoms with Crippen molar-refractivity contribution in [3.8, 4) is 22.9 Å². The second-order valence-corrected chi connectivity index (χ2v) is 12.2. The smallest absolute Gasteiger partial charge is 0.253 e. The molecule has 3 aromatic carbocycles. The number of carbonyl (C=O) groups excluding carboxylic acids is 2. The van der Waals surface area contributed by atoms with Crippen molar-refractivity contribution in [2.45, 2.75) is 24.2 Å². The van der Waals surface area contributed by atoms with E-state index in [9.17, 15) is 9.59 Å². The molecule has 0 unspecified atom stereocenters. The Balaban J connectivity index is 1.25. The van der Waals surface area contributed by atoms with Gasteiger partial charge >= 0.3 is 0 Å². The highest BCUT2D eigenvalue weighted by atomic mass is 32.2. The molecule has 47 heavy (non-hydrogen) atoms. The third kappa shape index (κ3) is 6.86. The van der Waals surface area contributed by atoms with Crippen molar-refractivity contribution in [2.75, 3.05) is 27.1 Å². The number of methoxy groups -OCH3 is 3. The van der Waals surface area contributed by atoms with E-state index in [1.54, 1.807) is 56.9 Å². The van der Waals surface area contributed by atoms with Crippen LogP contribution in [0.4, 0.5) is 0 Å². The maximum atomic E-state index is 14.0. The number of benzene rings is 3. The van der Waals surface area contributed by atoms with E-state index in [0.717, 1.165) is 21.8 Å². The summed E-state index contributed by atoms with van der Waals surface area (Å²) in [6.45, 7) is 0.116. The fraction of sp³-hybridized carbons (Fsp3) is 0.206. The van der Waals surface area contributed by atoms with E-state index in [0.29, 0.717) is 40.2 Å². The van der Waals surface area contributed by atoms with Crippen molar-refractivity contribution in [3.63, 3.8) is 0 Å². The summed E-state index contributed by atoms with van der Waals surface area (Å²) in [5.41, 5.74) is 2.90. The normalized spacial score (nSPS) is 14.1. The van der Waals surface area contributed by atoms with Gasteiger partial charge in [0.2, 0.25) is 0 Å². The van der Waals surface area contributed by atoms with Crippen LogP contribution in [-0.4, -0.2) is 64.4 Å². The minimum atomic E-state index is -0.389. The molecule has 0 aliphatic carbocycles. The molecule has 0 spiro atoms. The van der Waals surface area contributed by atoms with Gasteiger partial charge in [-0.05, 0) is 47.8 Å². The summed E-state index contributed by atoms with van der Waals surface area (Å²) < 4.78 is 18.4. The van der Waals surface area contributed by atoms with Crippen LogP contribution in [0, 0.1) is 0 Å². The van der Waals surface area contributed by atoms with E-state index >= 15 is 0 Å². The number of amides is 2. The second-order valence-electron chi connectivity index (χ2n) is 10.3. The predicted octanol–water partition coefficient (Wildman–Crippen LogP) is 5.75. The lowest BCUT2D eigenvalue weighted by molar-refractivity contribution is -0.130. The largest absolute Gasteiger partial charge is 0.497 e. The second kappa shape index (κ2) is 14.5. The monoisotopic (exact) mass is 668 g/mol. The van der Waals surface area contributed by atoms with Gasteiger partial charge in [0.15, 0.2) is 22.5 Å². The van der Waals surface area contributed by atoms with Crippen molar-refractivity contribution in [2.24, 2.45) is 5.10 Å². The minimum absolute atomic E-state index is 0.0468. The lowest BCUT2D eigenvalue weighted by Crippen LogP contribution is -2.29. The first-order chi connectivity index (χ1) is 23.0. The number of nitrogens with zero attached hydrogens (tertiary/aromatic N) is 5. The number of para-hydroxylation sites is 2. The highest BCUT2D eigenvalue weighted by molar-refractivity contribution is 7.99. The first-order valence-electron chi connectivity index (χ1n) is 14.7. The van der Waals surface area contributed by atoms with E-state index in [2.05, 4.69) is 15.5 Å². The van der Waals surface area contributed by atoms with Gasteiger partial charge in [-0.3, -0.25) is 14.2 Å². The standard InChI is InChI=1S/C34H32N6O5S2/c1-43-24-13-7-10-22(18-24)33(42)35-20-30-36-37-34(39(30)23-11-5-4-6-12-23)47-21-31(41)40-27(19-26(38-40)29-16-9-17-46-29)25-14-8-15-28(44-2)32(25)45-3/h4-18,27H,19-21H2,1-3H3,(H,35,42)/t27-/m0/s1. The topological polar surface area (TPSA) is 120 Å². The molecule has 0 bridgehead atoms. The van der Waals surface area contributed by atoms with Crippen molar-refractivity contribution in [3.05, 3.63) is 112 Å². The number of thiophene rings is 1. The average molecular weight is 669 g/mol. The van der Waals surface area contributed by atoms with Crippen molar-refractivity contribution in [1.29, 1.82) is 0 Å². The number of ether oxygens (including phenoxy) is 3. The molecule has 13 heteroatoms. The molecule has 0 saturated heterocycles. The zero-order valence-corrected chi connectivity index (χ0v) is 27.6. The number of rotatable bonds is 12. The van der Waals surface area contributed by atoms with Crippen molar-refractivity contribution < 1.29 is 23.8 Å². The predicted molar refractivity (Wildman–Crippen MR) is 181 cm³/mol. The van der Waals surface area contributed by atoms with Crippen LogP contribution >= 0.6 is 23.1 Å². The fourth-order valence-electron chi connectivity index (χ4n) is 5.31. The number of aromatic nitrogens is 3. The Hall–Kier alpha value is -5.14. The van der Waals surface area contributed by atoms with E-state index in [1.807, 2.05) is 70.6 Å². The number of hydrazone groups is 1. The molecule has 1 atom stereocenters. The van der Waals surface area contributed by atoms with Gasteiger partial charge in [-0.1, -0.05) is 54.2 Å². The van der Waals surface area contributed by atoms with Gasteiger partial charge in [0.25, 0.3) is 11.8 Å². The van der Waals surface area contributed by atoms with Crippen LogP contribution in [0.15, 0.2) is 101 Å². The molecule has 0 fully saturated rings. The van der Waals surface area contributed by atoms with Gasteiger partial charge < -0.3 is 19.5 Å². The van der Waals surface area contributed by atoms with Gasteiger partial charge in [0.05, 0.1) is 50.3 Å². The van der Waals surface area contributed by atoms with E-state index in [-0.39, 0.29) is 30.2 Å². The molecule has 1 aliphatic heterocycles. The summed E-state index contributed by atoms with van der Waals surface area (Å²) in [5, 5.41) is 20.6. The van der Waals surface area contributed by atoms with E-state index in [1.165, 1.54) is 16.8 Å². The van der Waals surface area contributed by atoms with Crippen molar-refractivity contribution >= 4 is 40.6 Å². The summed E-state index contributed by atoms with van der Waals surface area (Å²) in [6, 6.07) is 25.7. The highest BCUT2D eigenvalue weighted by Crippen LogP contribution is 2.42. The van der Waals surface area contributed by atoms with Gasteiger partial charge in [-0.2, -0.15) is 5.10 Å². The summed E-state index contributed by atoms with van der Waals surface area (Å²) in [7, 11) is 4.73. The first kappa shape index (κ1) is 31.8. The molecular weight excluding hydrogens is 637 g/mol. The third-order valence-electron chi connectivity index (χ3n) is 7.54. The summed E-state index contributed by atoms with van der Waals surface area (Å²) >= 11 is 2.83. The Bertz CT molecular complexity index is 1890. The molecule has 11 nitrogen and oxygen atoms in total. The molecular formula is C34H32N6O5S2. The van der Waals surface area contributed by atoms with Gasteiger partial charge in [0.1, 0.15) is 5.75 Å². The Morgan fingerprint density at radius 3 is 2.51 bits per heavy atom. The zero-order valence-electron chi connectivity index (χ0n) is 26.0. The molecule has 0 radical (unpaired) electrons. The van der Waals surface area contributed by atoms with Crippen LogP contribution in [-0.2, 0) is 11.3 Å². The third-order valence-corrected chi connectivity index (χ3v) is 9.37. The van der Waals surface area contributed by atoms with Crippen LogP contribution in [0.2, 0.25) is 0 Å². The first-order valence-corrected chi connectivity index (χ1v) is 16.6. The van der Waals surface area contributed by atoms with Crippen LogP contribution in [0.25, 0.3) is 5.69 Å². The quantitative estimate of drug-likeness (QED) is 0.167. The Morgan fingerprint density at radius 2 is 1.77 bits per heavy atom. The van der Waals surface area contributed by atoms with Gasteiger partial charge in [-0.25, -0.2) is 5.01 Å². The maximum absolute atomic E-state index is 14.0. The minimum Gasteiger partial charge on any atom is -0.497 e. The van der Waals surface area contributed by atoms with Crippen LogP contribution < -0.4 is 19.5 Å². The molecule has 2 aromatic heterocycles. The van der Waals surface area contributed by atoms with Gasteiger partial charge in [-0.15, -0.1) is 21.5 Å². The number of thioether (sulfide) groups is 1. The lowest BCUT2D eigenvalue weighted by Gasteiger charge is -2.24. The molecule has 1 N–H and O–H groups in total. The molecule has 2 amide bonds. The number of hydrogen-bond donors (Lipinski definition) is 1. The Labute approximate surface area is 280 Å².